The third-order valence-electron chi connectivity index (χ3n) is 4.45. The second kappa shape index (κ2) is 6.32. The molecule has 1 aromatic heterocycles. The number of fused-ring (bicyclic) bond motifs is 3. The summed E-state index contributed by atoms with van der Waals surface area (Å²) in [6, 6.07) is 3.13. The van der Waals surface area contributed by atoms with E-state index in [1.807, 2.05) is 52.0 Å². The van der Waals surface area contributed by atoms with Crippen molar-refractivity contribution in [2.75, 3.05) is 14.2 Å². The first-order valence-corrected chi connectivity index (χ1v) is 8.48. The minimum absolute atomic E-state index is 0.425. The Labute approximate surface area is 152 Å². The number of ether oxygens (including phenoxy) is 3. The summed E-state index contributed by atoms with van der Waals surface area (Å²) in [6.07, 6.45) is 7.74. The third-order valence-corrected chi connectivity index (χ3v) is 4.45. The second-order valence-corrected chi connectivity index (χ2v) is 7.37. The fourth-order valence-electron chi connectivity index (χ4n) is 2.86. The van der Waals surface area contributed by atoms with Gasteiger partial charge in [-0.15, -0.1) is 0 Å². The Morgan fingerprint density at radius 1 is 1.19 bits per heavy atom. The molecule has 0 atom stereocenters. The maximum Gasteiger partial charge on any atom is 0.336 e. The lowest BCUT2D eigenvalue weighted by Gasteiger charge is -2.30. The molecule has 0 N–H and O–H groups in total. The molecule has 0 saturated carbocycles. The van der Waals surface area contributed by atoms with Crippen molar-refractivity contribution in [1.29, 1.82) is 0 Å². The number of hydrogen-bond donors (Lipinski definition) is 0. The summed E-state index contributed by atoms with van der Waals surface area (Å²) in [4.78, 5) is 11.9. The molecule has 26 heavy (non-hydrogen) atoms. The van der Waals surface area contributed by atoms with Crippen LogP contribution in [0.3, 0.4) is 0 Å². The first-order valence-electron chi connectivity index (χ1n) is 8.48. The molecule has 0 saturated heterocycles. The van der Waals surface area contributed by atoms with Gasteiger partial charge in [0.2, 0.25) is 0 Å². The van der Waals surface area contributed by atoms with Gasteiger partial charge in [0.1, 0.15) is 17.1 Å². The maximum absolute atomic E-state index is 11.9. The first kappa shape index (κ1) is 18.3. The van der Waals surface area contributed by atoms with Gasteiger partial charge in [-0.2, -0.15) is 0 Å². The summed E-state index contributed by atoms with van der Waals surface area (Å²) in [5.41, 5.74) is 0.570. The molecule has 2 heterocycles. The van der Waals surface area contributed by atoms with Gasteiger partial charge in [-0.05, 0) is 52.0 Å². The number of methoxy groups -OCH3 is 2. The standard InChI is InChI=1S/C21H24O5/c1-20(2,24-6)11-9-14-17(23-5)15-10-12-21(3,4)26-19(15)13-7-8-16(22)25-18(13)14/h7-12H,1-6H3/b11-9+. The summed E-state index contributed by atoms with van der Waals surface area (Å²) >= 11 is 0. The molecule has 0 bridgehead atoms. The molecule has 1 aromatic carbocycles. The van der Waals surface area contributed by atoms with E-state index in [9.17, 15) is 4.79 Å². The highest BCUT2D eigenvalue weighted by Crippen LogP contribution is 2.45. The molecule has 0 unspecified atom stereocenters. The molecule has 2 aromatic rings. The summed E-state index contributed by atoms with van der Waals surface area (Å²) in [5.74, 6) is 1.24. The zero-order valence-corrected chi connectivity index (χ0v) is 16.0. The average molecular weight is 356 g/mol. The molecule has 0 aliphatic carbocycles. The van der Waals surface area contributed by atoms with Crippen LogP contribution in [0.4, 0.5) is 0 Å². The molecule has 5 nitrogen and oxygen atoms in total. The van der Waals surface area contributed by atoms with E-state index < -0.39 is 16.8 Å². The van der Waals surface area contributed by atoms with Crippen LogP contribution in [0.5, 0.6) is 11.5 Å². The third kappa shape index (κ3) is 3.27. The Morgan fingerprint density at radius 2 is 1.92 bits per heavy atom. The van der Waals surface area contributed by atoms with Crippen LogP contribution in [0, 0.1) is 0 Å². The van der Waals surface area contributed by atoms with Crippen LogP contribution in [0.1, 0.15) is 38.8 Å². The van der Waals surface area contributed by atoms with Crippen molar-refractivity contribution in [3.63, 3.8) is 0 Å². The van der Waals surface area contributed by atoms with Crippen molar-refractivity contribution in [3.05, 3.63) is 45.8 Å². The van der Waals surface area contributed by atoms with Gasteiger partial charge < -0.3 is 18.6 Å². The molecule has 1 aliphatic rings. The monoisotopic (exact) mass is 356 g/mol. The smallest absolute Gasteiger partial charge is 0.336 e. The van der Waals surface area contributed by atoms with Gasteiger partial charge >= 0.3 is 5.63 Å². The number of rotatable bonds is 4. The van der Waals surface area contributed by atoms with E-state index in [4.69, 9.17) is 18.6 Å². The Hall–Kier alpha value is -2.53. The minimum Gasteiger partial charge on any atom is -0.495 e. The van der Waals surface area contributed by atoms with Gasteiger partial charge in [0.15, 0.2) is 5.58 Å². The fraction of sp³-hybridized carbons (Fsp3) is 0.381. The van der Waals surface area contributed by atoms with Crippen molar-refractivity contribution < 1.29 is 18.6 Å². The van der Waals surface area contributed by atoms with Gasteiger partial charge in [0.05, 0.1) is 29.2 Å². The van der Waals surface area contributed by atoms with Gasteiger partial charge in [0.25, 0.3) is 0 Å². The largest absolute Gasteiger partial charge is 0.495 e. The highest BCUT2D eigenvalue weighted by atomic mass is 16.5. The van der Waals surface area contributed by atoms with Crippen molar-refractivity contribution in [3.8, 4) is 11.5 Å². The molecule has 3 rings (SSSR count). The Morgan fingerprint density at radius 3 is 2.58 bits per heavy atom. The first-order chi connectivity index (χ1) is 12.2. The summed E-state index contributed by atoms with van der Waals surface area (Å²) in [6.45, 7) is 7.83. The van der Waals surface area contributed by atoms with Gasteiger partial charge in [-0.1, -0.05) is 6.08 Å². The van der Waals surface area contributed by atoms with Crippen LogP contribution in [0.15, 0.2) is 33.5 Å². The van der Waals surface area contributed by atoms with E-state index in [1.165, 1.54) is 6.07 Å². The van der Waals surface area contributed by atoms with Gasteiger partial charge in [-0.3, -0.25) is 0 Å². The normalized spacial score (nSPS) is 15.9. The predicted molar refractivity (Wildman–Crippen MR) is 103 cm³/mol. The van der Waals surface area contributed by atoms with Crippen LogP contribution < -0.4 is 15.1 Å². The molecule has 5 heteroatoms. The lowest BCUT2D eigenvalue weighted by Crippen LogP contribution is -2.28. The zero-order valence-electron chi connectivity index (χ0n) is 16.0. The zero-order chi connectivity index (χ0) is 19.1. The van der Waals surface area contributed by atoms with Crippen LogP contribution in [-0.2, 0) is 4.74 Å². The van der Waals surface area contributed by atoms with Crippen molar-refractivity contribution in [2.24, 2.45) is 0 Å². The van der Waals surface area contributed by atoms with Crippen molar-refractivity contribution in [2.45, 2.75) is 38.9 Å². The quantitative estimate of drug-likeness (QED) is 0.759. The van der Waals surface area contributed by atoms with E-state index >= 15 is 0 Å². The molecule has 1 aliphatic heterocycles. The van der Waals surface area contributed by atoms with Gasteiger partial charge in [-0.25, -0.2) is 4.79 Å². The molecule has 0 fully saturated rings. The SMILES string of the molecule is COc1c2c(c3ccc(=O)oc3c1/C=C/C(C)(C)OC)OC(C)(C)C=C2. The highest BCUT2D eigenvalue weighted by Gasteiger charge is 2.29. The van der Waals surface area contributed by atoms with Crippen LogP contribution in [-0.4, -0.2) is 25.4 Å². The van der Waals surface area contributed by atoms with Crippen molar-refractivity contribution >= 4 is 23.1 Å². The van der Waals surface area contributed by atoms with E-state index in [0.29, 0.717) is 22.6 Å². The van der Waals surface area contributed by atoms with Crippen LogP contribution >= 0.6 is 0 Å². The predicted octanol–water partition coefficient (Wildman–Crippen LogP) is 4.42. The van der Waals surface area contributed by atoms with Gasteiger partial charge in [0, 0.05) is 13.2 Å². The van der Waals surface area contributed by atoms with Crippen LogP contribution in [0.2, 0.25) is 0 Å². The molecular weight excluding hydrogens is 332 g/mol. The number of benzene rings is 1. The van der Waals surface area contributed by atoms with Crippen LogP contribution in [0.25, 0.3) is 23.1 Å². The molecule has 0 spiro atoms. The second-order valence-electron chi connectivity index (χ2n) is 7.37. The topological polar surface area (TPSA) is 57.9 Å². The minimum atomic E-state index is -0.476. The highest BCUT2D eigenvalue weighted by molar-refractivity contribution is 5.98. The summed E-state index contributed by atoms with van der Waals surface area (Å²) < 4.78 is 22.8. The lowest BCUT2D eigenvalue weighted by atomic mass is 9.95. The summed E-state index contributed by atoms with van der Waals surface area (Å²) in [5, 5.41) is 0.729. The maximum atomic E-state index is 11.9. The van der Waals surface area contributed by atoms with Crippen molar-refractivity contribution in [1.82, 2.24) is 0 Å². The fourth-order valence-corrected chi connectivity index (χ4v) is 2.86. The van der Waals surface area contributed by atoms with E-state index in [2.05, 4.69) is 0 Å². The van der Waals surface area contributed by atoms with E-state index in [-0.39, 0.29) is 0 Å². The van der Waals surface area contributed by atoms with E-state index in [0.717, 1.165) is 10.9 Å². The Balaban J connectivity index is 2.37. The molecule has 0 amide bonds. The number of hydrogen-bond acceptors (Lipinski definition) is 5. The molecular formula is C21H24O5. The Bertz CT molecular complexity index is 961. The Kier molecular flexibility index (Phi) is 4.44. The molecule has 138 valence electrons. The van der Waals surface area contributed by atoms with E-state index in [1.54, 1.807) is 20.3 Å². The summed E-state index contributed by atoms with van der Waals surface area (Å²) in [7, 11) is 3.24. The molecule has 0 radical (unpaired) electrons. The lowest BCUT2D eigenvalue weighted by molar-refractivity contribution is 0.0663. The average Bonchev–Trinajstić information content (AvgIpc) is 2.58.